The van der Waals surface area contributed by atoms with Crippen molar-refractivity contribution in [2.45, 2.75) is 38.9 Å². The van der Waals surface area contributed by atoms with Crippen LogP contribution in [-0.2, 0) is 4.43 Å². The van der Waals surface area contributed by atoms with Gasteiger partial charge in [0.05, 0.1) is 11.5 Å². The molecule has 0 aliphatic carbocycles. The molecule has 0 radical (unpaired) electrons. The summed E-state index contributed by atoms with van der Waals surface area (Å²) >= 11 is 0. The van der Waals surface area contributed by atoms with E-state index in [0.717, 1.165) is 0 Å². The molecule has 1 unspecified atom stereocenters. The van der Waals surface area contributed by atoms with Crippen molar-refractivity contribution >= 4 is 14.1 Å². The Morgan fingerprint density at radius 2 is 2.05 bits per heavy atom. The van der Waals surface area contributed by atoms with E-state index in [0.29, 0.717) is 24.5 Å². The van der Waals surface area contributed by atoms with Crippen LogP contribution in [0.2, 0.25) is 18.1 Å². The highest BCUT2D eigenvalue weighted by atomic mass is 28.4. The third-order valence-corrected chi connectivity index (χ3v) is 8.99. The van der Waals surface area contributed by atoms with Crippen LogP contribution in [-0.4, -0.2) is 32.4 Å². The zero-order valence-electron chi connectivity index (χ0n) is 13.4. The van der Waals surface area contributed by atoms with E-state index in [1.165, 1.54) is 12.1 Å². The number of Topliss-reactive ketones (excluding diaryl/α,β-unsaturated/α-hetero) is 1. The molecule has 1 atom stereocenters. The molecule has 5 heteroatoms. The number of phenolic OH excluding ortho intramolecular Hbond substituents is 1. The molecule has 1 N–H and O–H groups in total. The molecule has 0 spiro atoms. The molecule has 21 heavy (non-hydrogen) atoms. The van der Waals surface area contributed by atoms with E-state index >= 15 is 0 Å². The minimum Gasteiger partial charge on any atom is -0.508 e. The van der Waals surface area contributed by atoms with Gasteiger partial charge in [-0.1, -0.05) is 20.8 Å². The van der Waals surface area contributed by atoms with Gasteiger partial charge in [0, 0.05) is 12.7 Å². The van der Waals surface area contributed by atoms with Gasteiger partial charge >= 0.3 is 0 Å². The molecule has 1 aliphatic heterocycles. The van der Waals surface area contributed by atoms with Gasteiger partial charge in [0.15, 0.2) is 14.1 Å². The minimum atomic E-state index is -1.87. The number of benzene rings is 1. The fourth-order valence-corrected chi connectivity index (χ4v) is 3.02. The summed E-state index contributed by atoms with van der Waals surface area (Å²) in [5.74, 6) is 0.340. The quantitative estimate of drug-likeness (QED) is 0.867. The first kappa shape index (κ1) is 16.0. The van der Waals surface area contributed by atoms with E-state index in [1.807, 2.05) is 0 Å². The summed E-state index contributed by atoms with van der Waals surface area (Å²) in [5, 5.41) is 9.55. The van der Waals surface area contributed by atoms with Crippen molar-refractivity contribution in [3.63, 3.8) is 0 Å². The highest BCUT2D eigenvalue weighted by Gasteiger charge is 2.39. The summed E-state index contributed by atoms with van der Waals surface area (Å²) in [4.78, 5) is 12.5. The van der Waals surface area contributed by atoms with E-state index in [4.69, 9.17) is 9.16 Å². The lowest BCUT2D eigenvalue weighted by Gasteiger charge is -2.37. The maximum absolute atomic E-state index is 12.5. The first-order chi connectivity index (χ1) is 9.62. The Morgan fingerprint density at radius 1 is 1.38 bits per heavy atom. The highest BCUT2D eigenvalue weighted by molar-refractivity contribution is 6.74. The number of aromatic hydroxyl groups is 1. The fourth-order valence-electron chi connectivity index (χ4n) is 1.97. The number of rotatable bonds is 3. The van der Waals surface area contributed by atoms with Gasteiger partial charge in [-0.3, -0.25) is 4.79 Å². The van der Waals surface area contributed by atoms with Crippen molar-refractivity contribution in [1.82, 2.24) is 0 Å². The van der Waals surface area contributed by atoms with Crippen LogP contribution >= 0.6 is 0 Å². The van der Waals surface area contributed by atoms with Crippen LogP contribution in [0.3, 0.4) is 0 Å². The maximum Gasteiger partial charge on any atom is 0.192 e. The first-order valence-electron chi connectivity index (χ1n) is 7.26. The van der Waals surface area contributed by atoms with Crippen molar-refractivity contribution in [3.05, 3.63) is 23.8 Å². The van der Waals surface area contributed by atoms with Crippen molar-refractivity contribution < 1.29 is 19.1 Å². The largest absolute Gasteiger partial charge is 0.508 e. The molecule has 0 aromatic heterocycles. The Bertz CT molecular complexity index is 546. The van der Waals surface area contributed by atoms with Crippen LogP contribution in [0.5, 0.6) is 11.5 Å². The van der Waals surface area contributed by atoms with E-state index in [2.05, 4.69) is 33.9 Å². The SMILES string of the molecule is CC(C)(C)[Si](C)(C)OCC1COc2cc(O)ccc2C1=O. The van der Waals surface area contributed by atoms with Crippen molar-refractivity contribution in [2.24, 2.45) is 5.92 Å². The summed E-state index contributed by atoms with van der Waals surface area (Å²) < 4.78 is 11.7. The van der Waals surface area contributed by atoms with Crippen LogP contribution in [0, 0.1) is 5.92 Å². The molecule has 0 amide bonds. The second-order valence-electron chi connectivity index (χ2n) is 7.12. The predicted molar refractivity (Wildman–Crippen MR) is 84.6 cm³/mol. The van der Waals surface area contributed by atoms with Crippen molar-refractivity contribution in [2.75, 3.05) is 13.2 Å². The molecule has 4 nitrogen and oxygen atoms in total. The van der Waals surface area contributed by atoms with Gasteiger partial charge in [-0.2, -0.15) is 0 Å². The lowest BCUT2D eigenvalue weighted by atomic mass is 9.96. The fraction of sp³-hybridized carbons (Fsp3) is 0.562. The van der Waals surface area contributed by atoms with E-state index in [-0.39, 0.29) is 22.5 Å². The molecule has 1 aromatic rings. The lowest BCUT2D eigenvalue weighted by molar-refractivity contribution is 0.0746. The van der Waals surface area contributed by atoms with Crippen LogP contribution in [0.4, 0.5) is 0 Å². The molecule has 1 aromatic carbocycles. The Hall–Kier alpha value is -1.33. The molecule has 2 rings (SSSR count). The third kappa shape index (κ3) is 3.30. The van der Waals surface area contributed by atoms with E-state index < -0.39 is 8.32 Å². The van der Waals surface area contributed by atoms with Gasteiger partial charge in [-0.15, -0.1) is 0 Å². The number of hydrogen-bond acceptors (Lipinski definition) is 4. The molecule has 0 bridgehead atoms. The average Bonchev–Trinajstić information content (AvgIpc) is 2.36. The summed E-state index contributed by atoms with van der Waals surface area (Å²) in [6, 6.07) is 4.61. The van der Waals surface area contributed by atoms with Gasteiger partial charge < -0.3 is 14.3 Å². The van der Waals surface area contributed by atoms with Gasteiger partial charge in [0.25, 0.3) is 0 Å². The number of hydrogen-bond donors (Lipinski definition) is 1. The zero-order chi connectivity index (χ0) is 15.8. The van der Waals surface area contributed by atoms with Crippen LogP contribution in [0.25, 0.3) is 0 Å². The first-order valence-corrected chi connectivity index (χ1v) is 10.2. The third-order valence-electron chi connectivity index (χ3n) is 4.49. The second kappa shape index (κ2) is 5.46. The smallest absolute Gasteiger partial charge is 0.192 e. The number of carbonyl (C=O) groups is 1. The lowest BCUT2D eigenvalue weighted by Crippen LogP contribution is -2.44. The Morgan fingerprint density at radius 3 is 2.67 bits per heavy atom. The normalized spacial score (nSPS) is 19.1. The van der Waals surface area contributed by atoms with Crippen LogP contribution in [0.1, 0.15) is 31.1 Å². The monoisotopic (exact) mass is 308 g/mol. The van der Waals surface area contributed by atoms with Crippen LogP contribution in [0.15, 0.2) is 18.2 Å². The zero-order valence-corrected chi connectivity index (χ0v) is 14.4. The molecule has 1 aliphatic rings. The number of ketones is 1. The number of phenols is 1. The highest BCUT2D eigenvalue weighted by Crippen LogP contribution is 2.37. The van der Waals surface area contributed by atoms with Gasteiger partial charge in [-0.25, -0.2) is 0 Å². The Kier molecular flexibility index (Phi) is 4.17. The minimum absolute atomic E-state index is 0.0370. The Balaban J connectivity index is 2.08. The molecular formula is C16H24O4Si. The molecule has 0 saturated carbocycles. The predicted octanol–water partition coefficient (Wildman–Crippen LogP) is 3.61. The van der Waals surface area contributed by atoms with E-state index in [9.17, 15) is 9.90 Å². The van der Waals surface area contributed by atoms with E-state index in [1.54, 1.807) is 6.07 Å². The molecule has 116 valence electrons. The number of carbonyl (C=O) groups excluding carboxylic acids is 1. The summed E-state index contributed by atoms with van der Waals surface area (Å²) in [6.07, 6.45) is 0. The maximum atomic E-state index is 12.5. The molecule has 1 heterocycles. The standard InChI is InChI=1S/C16H24O4Si/c1-16(2,3)21(4,5)20-10-11-9-19-14-8-12(17)6-7-13(14)15(11)18/h6-8,11,17H,9-10H2,1-5H3. The summed E-state index contributed by atoms with van der Waals surface area (Å²) in [6.45, 7) is 11.6. The number of ether oxygens (including phenoxy) is 1. The molecule has 0 saturated heterocycles. The molecule has 0 fully saturated rings. The van der Waals surface area contributed by atoms with Gasteiger partial charge in [-0.05, 0) is 30.3 Å². The second-order valence-corrected chi connectivity index (χ2v) is 11.9. The average molecular weight is 308 g/mol. The molecular weight excluding hydrogens is 284 g/mol. The summed E-state index contributed by atoms with van der Waals surface area (Å²) in [7, 11) is -1.87. The summed E-state index contributed by atoms with van der Waals surface area (Å²) in [5.41, 5.74) is 0.530. The van der Waals surface area contributed by atoms with Crippen molar-refractivity contribution in [3.8, 4) is 11.5 Å². The topological polar surface area (TPSA) is 55.8 Å². The van der Waals surface area contributed by atoms with Gasteiger partial charge in [0.1, 0.15) is 18.1 Å². The Labute approximate surface area is 127 Å². The van der Waals surface area contributed by atoms with Crippen molar-refractivity contribution in [1.29, 1.82) is 0 Å². The number of fused-ring (bicyclic) bond motifs is 1. The van der Waals surface area contributed by atoms with Crippen LogP contribution < -0.4 is 4.74 Å². The van der Waals surface area contributed by atoms with Gasteiger partial charge in [0.2, 0.25) is 0 Å².